The van der Waals surface area contributed by atoms with Gasteiger partial charge < -0.3 is 10.1 Å². The lowest BCUT2D eigenvalue weighted by atomic mass is 10.1. The number of sulfonamides is 2. The Morgan fingerprint density at radius 3 is 2.15 bits per heavy atom. The number of hydrogen-bond acceptors (Lipinski definition) is 6. The minimum atomic E-state index is -3.95. The number of benzene rings is 2. The lowest BCUT2D eigenvalue weighted by Gasteiger charge is -2.22. The zero-order valence-electron chi connectivity index (χ0n) is 19.4. The van der Waals surface area contributed by atoms with E-state index >= 15 is 0 Å². The lowest BCUT2D eigenvalue weighted by molar-refractivity contribution is -0.123. The van der Waals surface area contributed by atoms with Crippen LogP contribution in [0.5, 0.6) is 5.75 Å². The Kier molecular flexibility index (Phi) is 9.01. The first-order chi connectivity index (χ1) is 15.4. The van der Waals surface area contributed by atoms with E-state index in [1.807, 2.05) is 6.07 Å². The van der Waals surface area contributed by atoms with Gasteiger partial charge in [0, 0.05) is 13.1 Å². The quantitative estimate of drug-likeness (QED) is 0.405. The van der Waals surface area contributed by atoms with Gasteiger partial charge in [-0.15, -0.1) is 0 Å². The fourth-order valence-corrected chi connectivity index (χ4v) is 5.74. The number of carbonyl (C=O) groups is 1. The number of rotatable bonds is 11. The van der Waals surface area contributed by atoms with Gasteiger partial charge in [0.2, 0.25) is 26.0 Å². The molecule has 9 nitrogen and oxygen atoms in total. The monoisotopic (exact) mass is 497 g/mol. The van der Waals surface area contributed by atoms with Crippen LogP contribution in [0.1, 0.15) is 25.0 Å². The number of ether oxygens (including phenoxy) is 1. The molecule has 11 heteroatoms. The van der Waals surface area contributed by atoms with Crippen molar-refractivity contribution in [1.29, 1.82) is 0 Å². The lowest BCUT2D eigenvalue weighted by Crippen LogP contribution is -2.50. The third-order valence-electron chi connectivity index (χ3n) is 4.95. The van der Waals surface area contributed by atoms with E-state index in [0.29, 0.717) is 11.3 Å². The molecule has 0 fully saturated rings. The van der Waals surface area contributed by atoms with Gasteiger partial charge in [-0.1, -0.05) is 26.0 Å². The van der Waals surface area contributed by atoms with Gasteiger partial charge in [-0.25, -0.2) is 21.6 Å². The highest BCUT2D eigenvalue weighted by Crippen LogP contribution is 2.17. The third-order valence-corrected chi connectivity index (χ3v) is 8.01. The van der Waals surface area contributed by atoms with Crippen LogP contribution in [0.4, 0.5) is 0 Å². The first-order valence-electron chi connectivity index (χ1n) is 10.4. The van der Waals surface area contributed by atoms with Gasteiger partial charge in [-0.2, -0.15) is 4.72 Å². The van der Waals surface area contributed by atoms with Crippen LogP contribution in [0.15, 0.2) is 52.3 Å². The molecule has 1 amide bonds. The topological polar surface area (TPSA) is 131 Å². The molecule has 0 aromatic heterocycles. The molecule has 0 unspecified atom stereocenters. The predicted octanol–water partition coefficient (Wildman–Crippen LogP) is 1.71. The molecular weight excluding hydrogens is 466 g/mol. The summed E-state index contributed by atoms with van der Waals surface area (Å²) in [5.74, 6) is -0.381. The van der Waals surface area contributed by atoms with E-state index in [2.05, 4.69) is 14.8 Å². The van der Waals surface area contributed by atoms with Crippen molar-refractivity contribution in [2.24, 2.45) is 5.92 Å². The van der Waals surface area contributed by atoms with Crippen molar-refractivity contribution in [3.05, 3.63) is 53.6 Å². The van der Waals surface area contributed by atoms with Crippen LogP contribution in [0.3, 0.4) is 0 Å². The summed E-state index contributed by atoms with van der Waals surface area (Å²) in [4.78, 5) is 12.8. The highest BCUT2D eigenvalue weighted by Gasteiger charge is 2.28. The third kappa shape index (κ3) is 7.26. The van der Waals surface area contributed by atoms with Crippen molar-refractivity contribution >= 4 is 26.0 Å². The molecule has 0 bridgehead atoms. The summed E-state index contributed by atoms with van der Waals surface area (Å²) in [7, 11) is -6.22. The molecule has 0 radical (unpaired) electrons. The summed E-state index contributed by atoms with van der Waals surface area (Å²) < 4.78 is 60.4. The van der Waals surface area contributed by atoms with E-state index < -0.39 is 32.0 Å². The van der Waals surface area contributed by atoms with Gasteiger partial charge >= 0.3 is 0 Å². The second kappa shape index (κ2) is 11.1. The van der Waals surface area contributed by atoms with E-state index in [1.54, 1.807) is 39.8 Å². The van der Waals surface area contributed by atoms with Gasteiger partial charge in [-0.3, -0.25) is 4.79 Å². The molecule has 0 saturated carbocycles. The Labute approximate surface area is 196 Å². The minimum Gasteiger partial charge on any atom is -0.497 e. The van der Waals surface area contributed by atoms with Crippen molar-refractivity contribution < 1.29 is 26.4 Å². The standard InChI is InChI=1S/C22H31N3O6S2/c1-15(2)21(25-32(27,28)19-10-8-18(31-5)9-11-19)22(26)23-12-13-24-33(29,30)20-14-16(3)6-7-17(20)4/h6-11,14-15,21,24-25H,12-13H2,1-5H3,(H,23,26)/t21-/m0/s1. The number of carbonyl (C=O) groups excluding carboxylic acids is 1. The van der Waals surface area contributed by atoms with Crippen molar-refractivity contribution in [3.63, 3.8) is 0 Å². The number of methoxy groups -OCH3 is 1. The molecule has 0 spiro atoms. The first kappa shape index (κ1) is 26.8. The number of aryl methyl sites for hydroxylation is 2. The Morgan fingerprint density at radius 1 is 0.939 bits per heavy atom. The van der Waals surface area contributed by atoms with E-state index in [4.69, 9.17) is 4.74 Å². The second-order valence-electron chi connectivity index (χ2n) is 7.98. The zero-order valence-corrected chi connectivity index (χ0v) is 21.0. The van der Waals surface area contributed by atoms with Crippen molar-refractivity contribution in [3.8, 4) is 5.75 Å². The zero-order chi connectivity index (χ0) is 24.8. The summed E-state index contributed by atoms with van der Waals surface area (Å²) in [6.45, 7) is 6.89. The molecule has 1 atom stereocenters. The summed E-state index contributed by atoms with van der Waals surface area (Å²) in [6.07, 6.45) is 0. The molecule has 0 saturated heterocycles. The van der Waals surface area contributed by atoms with Crippen molar-refractivity contribution in [2.45, 2.75) is 43.5 Å². The normalized spacial score (nSPS) is 13.0. The second-order valence-corrected chi connectivity index (χ2v) is 11.4. The van der Waals surface area contributed by atoms with E-state index in [1.165, 1.54) is 31.4 Å². The van der Waals surface area contributed by atoms with Crippen LogP contribution in [-0.4, -0.2) is 49.0 Å². The van der Waals surface area contributed by atoms with Crippen LogP contribution in [0, 0.1) is 19.8 Å². The van der Waals surface area contributed by atoms with Crippen molar-refractivity contribution in [2.75, 3.05) is 20.2 Å². The van der Waals surface area contributed by atoms with Crippen LogP contribution in [-0.2, 0) is 24.8 Å². The Bertz CT molecular complexity index is 1180. The minimum absolute atomic E-state index is 0.00281. The van der Waals surface area contributed by atoms with E-state index in [-0.39, 0.29) is 28.8 Å². The summed E-state index contributed by atoms with van der Waals surface area (Å²) in [5.41, 5.74) is 1.43. The molecule has 33 heavy (non-hydrogen) atoms. The summed E-state index contributed by atoms with van der Waals surface area (Å²) in [5, 5.41) is 2.59. The molecule has 0 aliphatic rings. The van der Waals surface area contributed by atoms with E-state index in [0.717, 1.165) is 5.56 Å². The molecule has 0 aliphatic carbocycles. The maximum atomic E-state index is 12.7. The molecular formula is C22H31N3O6S2. The molecule has 182 valence electrons. The highest BCUT2D eigenvalue weighted by atomic mass is 32.2. The molecule has 0 aliphatic heterocycles. The SMILES string of the molecule is COc1ccc(S(=O)(=O)N[C@H](C(=O)NCCNS(=O)(=O)c2cc(C)ccc2C)C(C)C)cc1. The first-order valence-corrected chi connectivity index (χ1v) is 13.3. The smallest absolute Gasteiger partial charge is 0.241 e. The van der Waals surface area contributed by atoms with Crippen LogP contribution in [0.25, 0.3) is 0 Å². The Morgan fingerprint density at radius 2 is 1.58 bits per heavy atom. The largest absolute Gasteiger partial charge is 0.497 e. The molecule has 2 aromatic carbocycles. The average molecular weight is 498 g/mol. The van der Waals surface area contributed by atoms with Crippen LogP contribution >= 0.6 is 0 Å². The number of hydrogen-bond donors (Lipinski definition) is 3. The Hall–Kier alpha value is -2.47. The highest BCUT2D eigenvalue weighted by molar-refractivity contribution is 7.89. The Balaban J connectivity index is 1.99. The molecule has 2 aromatic rings. The fourth-order valence-electron chi connectivity index (χ4n) is 3.04. The molecule has 0 heterocycles. The van der Waals surface area contributed by atoms with Gasteiger partial charge in [0.15, 0.2) is 0 Å². The summed E-state index contributed by atoms with van der Waals surface area (Å²) in [6, 6.07) is 9.91. The summed E-state index contributed by atoms with van der Waals surface area (Å²) >= 11 is 0. The molecule has 2 rings (SSSR count). The van der Waals surface area contributed by atoms with E-state index in [9.17, 15) is 21.6 Å². The average Bonchev–Trinajstić information content (AvgIpc) is 2.76. The number of amides is 1. The maximum Gasteiger partial charge on any atom is 0.241 e. The van der Waals surface area contributed by atoms with Gasteiger partial charge in [0.1, 0.15) is 11.8 Å². The van der Waals surface area contributed by atoms with Gasteiger partial charge in [0.25, 0.3) is 0 Å². The number of nitrogens with one attached hydrogen (secondary N) is 3. The van der Waals surface area contributed by atoms with Crippen LogP contribution < -0.4 is 19.5 Å². The predicted molar refractivity (Wildman–Crippen MR) is 126 cm³/mol. The van der Waals surface area contributed by atoms with Crippen LogP contribution in [0.2, 0.25) is 0 Å². The fraction of sp³-hybridized carbons (Fsp3) is 0.409. The van der Waals surface area contributed by atoms with Gasteiger partial charge in [-0.05, 0) is 61.2 Å². The maximum absolute atomic E-state index is 12.7. The molecule has 3 N–H and O–H groups in total. The van der Waals surface area contributed by atoms with Crippen molar-refractivity contribution in [1.82, 2.24) is 14.8 Å². The van der Waals surface area contributed by atoms with Gasteiger partial charge in [0.05, 0.1) is 16.9 Å².